The first kappa shape index (κ1) is 12.8. The van der Waals surface area contributed by atoms with Gasteiger partial charge in [-0.15, -0.1) is 0 Å². The van der Waals surface area contributed by atoms with Crippen LogP contribution in [0.5, 0.6) is 5.75 Å². The predicted octanol–water partition coefficient (Wildman–Crippen LogP) is 5.67. The van der Waals surface area contributed by atoms with Crippen LogP contribution in [0.2, 0.25) is 20.1 Å². The van der Waals surface area contributed by atoms with E-state index in [1.54, 1.807) is 24.3 Å². The molecule has 0 heterocycles. The van der Waals surface area contributed by atoms with Gasteiger partial charge in [-0.2, -0.15) is 0 Å². The summed E-state index contributed by atoms with van der Waals surface area (Å²) in [7, 11) is 0. The summed E-state index contributed by atoms with van der Waals surface area (Å²) in [6, 6.07) is 7.85. The van der Waals surface area contributed by atoms with Crippen molar-refractivity contribution in [3.63, 3.8) is 0 Å². The van der Waals surface area contributed by atoms with Crippen LogP contribution in [0.1, 0.15) is 0 Å². The molecule has 0 amide bonds. The number of benzene rings is 2. The third kappa shape index (κ3) is 2.48. The Morgan fingerprint density at radius 3 is 2.18 bits per heavy atom. The number of hydrogen-bond acceptors (Lipinski definition) is 1. The van der Waals surface area contributed by atoms with Crippen LogP contribution >= 0.6 is 46.4 Å². The highest BCUT2D eigenvalue weighted by Gasteiger charge is 2.15. The quantitative estimate of drug-likeness (QED) is 0.673. The van der Waals surface area contributed by atoms with Crippen molar-refractivity contribution in [2.24, 2.45) is 0 Å². The summed E-state index contributed by atoms with van der Waals surface area (Å²) >= 11 is 24.0. The molecule has 0 aliphatic heterocycles. The number of hydrogen-bond donors (Lipinski definition) is 1. The molecule has 0 aromatic heterocycles. The lowest BCUT2D eigenvalue weighted by molar-refractivity contribution is 0.477. The fraction of sp³-hybridized carbons (Fsp3) is 0. The maximum Gasteiger partial charge on any atom is 0.123 e. The number of aromatic hydroxyl groups is 1. The highest BCUT2D eigenvalue weighted by Crippen LogP contribution is 2.43. The Kier molecular flexibility index (Phi) is 3.74. The van der Waals surface area contributed by atoms with Crippen molar-refractivity contribution in [1.82, 2.24) is 0 Å². The zero-order valence-corrected chi connectivity index (χ0v) is 11.4. The summed E-state index contributed by atoms with van der Waals surface area (Å²) < 4.78 is 0. The first-order chi connectivity index (χ1) is 8.00. The summed E-state index contributed by atoms with van der Waals surface area (Å²) in [4.78, 5) is 0. The lowest BCUT2D eigenvalue weighted by atomic mass is 10.0. The average Bonchev–Trinajstić information content (AvgIpc) is 2.29. The molecular weight excluding hydrogens is 302 g/mol. The highest BCUT2D eigenvalue weighted by molar-refractivity contribution is 6.46. The maximum atomic E-state index is 9.81. The first-order valence-corrected chi connectivity index (χ1v) is 6.14. The minimum atomic E-state index is 0.0421. The van der Waals surface area contributed by atoms with Crippen LogP contribution in [0.4, 0.5) is 0 Å². The second-order valence-corrected chi connectivity index (χ2v) is 5.01. The van der Waals surface area contributed by atoms with Crippen LogP contribution in [0, 0.1) is 0 Å². The van der Waals surface area contributed by atoms with Gasteiger partial charge in [0.25, 0.3) is 0 Å². The molecule has 0 saturated carbocycles. The van der Waals surface area contributed by atoms with Crippen molar-refractivity contribution in [3.8, 4) is 16.9 Å². The van der Waals surface area contributed by atoms with Crippen molar-refractivity contribution in [2.75, 3.05) is 0 Å². The molecule has 0 aliphatic rings. The maximum absolute atomic E-state index is 9.81. The van der Waals surface area contributed by atoms with Crippen LogP contribution < -0.4 is 0 Å². The topological polar surface area (TPSA) is 20.2 Å². The molecule has 0 spiro atoms. The molecule has 0 atom stereocenters. The molecule has 5 heteroatoms. The Labute approximate surface area is 118 Å². The molecule has 1 N–H and O–H groups in total. The SMILES string of the molecule is Oc1ccc(Cl)cc1-c1c(Cl)ccc(Cl)c1Cl. The zero-order chi connectivity index (χ0) is 12.6. The first-order valence-electron chi connectivity index (χ1n) is 4.63. The van der Waals surface area contributed by atoms with Gasteiger partial charge in [-0.3, -0.25) is 0 Å². The van der Waals surface area contributed by atoms with Crippen molar-refractivity contribution in [1.29, 1.82) is 0 Å². The van der Waals surface area contributed by atoms with Crippen LogP contribution in [0.3, 0.4) is 0 Å². The zero-order valence-electron chi connectivity index (χ0n) is 8.35. The summed E-state index contributed by atoms with van der Waals surface area (Å²) in [6.07, 6.45) is 0. The van der Waals surface area contributed by atoms with Gasteiger partial charge in [0.15, 0.2) is 0 Å². The van der Waals surface area contributed by atoms with E-state index in [4.69, 9.17) is 46.4 Å². The summed E-state index contributed by atoms with van der Waals surface area (Å²) in [5, 5.41) is 11.3. The molecule has 0 bridgehead atoms. The second-order valence-electron chi connectivity index (χ2n) is 3.38. The van der Waals surface area contributed by atoms with E-state index in [2.05, 4.69) is 0 Å². The molecule has 1 nitrogen and oxygen atoms in total. The largest absolute Gasteiger partial charge is 0.507 e. The number of halogens is 4. The van der Waals surface area contributed by atoms with Gasteiger partial charge in [0.2, 0.25) is 0 Å². The highest BCUT2D eigenvalue weighted by atomic mass is 35.5. The normalized spacial score (nSPS) is 10.6. The van der Waals surface area contributed by atoms with Crippen LogP contribution in [-0.4, -0.2) is 5.11 Å². The van der Waals surface area contributed by atoms with Gasteiger partial charge >= 0.3 is 0 Å². The molecule has 0 unspecified atom stereocenters. The number of rotatable bonds is 1. The molecule has 88 valence electrons. The Morgan fingerprint density at radius 1 is 0.824 bits per heavy atom. The monoisotopic (exact) mass is 306 g/mol. The molecule has 0 radical (unpaired) electrons. The van der Waals surface area contributed by atoms with Gasteiger partial charge in [-0.25, -0.2) is 0 Å². The molecule has 0 aliphatic carbocycles. The third-order valence-electron chi connectivity index (χ3n) is 2.27. The van der Waals surface area contributed by atoms with Crippen LogP contribution in [0.25, 0.3) is 11.1 Å². The molecule has 2 aromatic carbocycles. The van der Waals surface area contributed by atoms with E-state index in [0.29, 0.717) is 26.2 Å². The van der Waals surface area contributed by atoms with E-state index in [9.17, 15) is 5.11 Å². The Morgan fingerprint density at radius 2 is 1.47 bits per heavy atom. The fourth-order valence-corrected chi connectivity index (χ4v) is 2.39. The smallest absolute Gasteiger partial charge is 0.123 e. The summed E-state index contributed by atoms with van der Waals surface area (Å²) in [5.41, 5.74) is 0.927. The standard InChI is InChI=1S/C12H6Cl4O/c13-6-1-4-10(17)7(5-6)11-8(14)2-3-9(15)12(11)16/h1-5,17H. The van der Waals surface area contributed by atoms with Crippen molar-refractivity contribution in [3.05, 3.63) is 50.4 Å². The van der Waals surface area contributed by atoms with Gasteiger partial charge in [-0.05, 0) is 30.3 Å². The summed E-state index contributed by atoms with van der Waals surface area (Å²) in [6.45, 7) is 0. The predicted molar refractivity (Wildman–Crippen MR) is 73.6 cm³/mol. The van der Waals surface area contributed by atoms with Crippen LogP contribution in [0.15, 0.2) is 30.3 Å². The van der Waals surface area contributed by atoms with E-state index >= 15 is 0 Å². The van der Waals surface area contributed by atoms with Crippen molar-refractivity contribution >= 4 is 46.4 Å². The van der Waals surface area contributed by atoms with Crippen molar-refractivity contribution < 1.29 is 5.11 Å². The van der Waals surface area contributed by atoms with Gasteiger partial charge < -0.3 is 5.11 Å². The minimum absolute atomic E-state index is 0.0421. The van der Waals surface area contributed by atoms with Crippen LogP contribution in [-0.2, 0) is 0 Å². The van der Waals surface area contributed by atoms with E-state index in [0.717, 1.165) is 0 Å². The van der Waals surface area contributed by atoms with Gasteiger partial charge in [0.1, 0.15) is 5.75 Å². The molecule has 17 heavy (non-hydrogen) atoms. The van der Waals surface area contributed by atoms with E-state index < -0.39 is 0 Å². The van der Waals surface area contributed by atoms with E-state index in [-0.39, 0.29) is 10.8 Å². The molecule has 2 rings (SSSR count). The molecule has 0 fully saturated rings. The lowest BCUT2D eigenvalue weighted by Gasteiger charge is -2.10. The van der Waals surface area contributed by atoms with E-state index in [1.807, 2.05) is 0 Å². The second kappa shape index (κ2) is 4.95. The Bertz CT molecular complexity index is 581. The third-order valence-corrected chi connectivity index (χ3v) is 3.63. The molecule has 0 saturated heterocycles. The number of phenolic OH excluding ortho intramolecular Hbond substituents is 1. The average molecular weight is 308 g/mol. The fourth-order valence-electron chi connectivity index (χ4n) is 1.48. The van der Waals surface area contributed by atoms with Gasteiger partial charge in [0, 0.05) is 16.1 Å². The summed E-state index contributed by atoms with van der Waals surface area (Å²) in [5.74, 6) is 0.0421. The Balaban J connectivity index is 2.76. The molecule has 2 aromatic rings. The van der Waals surface area contributed by atoms with Crippen molar-refractivity contribution in [2.45, 2.75) is 0 Å². The lowest BCUT2D eigenvalue weighted by Crippen LogP contribution is -1.84. The Hall–Kier alpha value is -0.600. The minimum Gasteiger partial charge on any atom is -0.507 e. The van der Waals surface area contributed by atoms with Gasteiger partial charge in [-0.1, -0.05) is 46.4 Å². The molecular formula is C12H6Cl4O. The number of phenols is 1. The van der Waals surface area contributed by atoms with E-state index in [1.165, 1.54) is 6.07 Å². The van der Waals surface area contributed by atoms with Gasteiger partial charge in [0.05, 0.1) is 15.1 Å².